The average molecular weight is 305 g/mol. The van der Waals surface area contributed by atoms with Crippen LogP contribution in [0.5, 0.6) is 0 Å². The first-order chi connectivity index (χ1) is 10.1. The summed E-state index contributed by atoms with van der Waals surface area (Å²) in [7, 11) is 1.87. The van der Waals surface area contributed by atoms with Crippen LogP contribution < -0.4 is 5.32 Å². The van der Waals surface area contributed by atoms with Crippen LogP contribution in [-0.4, -0.2) is 22.3 Å². The van der Waals surface area contributed by atoms with Gasteiger partial charge in [0.1, 0.15) is 0 Å². The van der Waals surface area contributed by atoms with Gasteiger partial charge in [-0.1, -0.05) is 6.07 Å². The van der Waals surface area contributed by atoms with Crippen molar-refractivity contribution in [3.8, 4) is 0 Å². The molecule has 0 spiro atoms. The summed E-state index contributed by atoms with van der Waals surface area (Å²) in [5, 5.41) is 9.28. The van der Waals surface area contributed by atoms with Crippen LogP contribution in [0.4, 0.5) is 0 Å². The molecule has 0 radical (unpaired) electrons. The molecular formula is C15H19N3O2S. The normalized spacial score (nSPS) is 23.1. The van der Waals surface area contributed by atoms with Gasteiger partial charge in [-0.05, 0) is 24.8 Å². The molecule has 1 aliphatic heterocycles. The van der Waals surface area contributed by atoms with E-state index >= 15 is 0 Å². The van der Waals surface area contributed by atoms with E-state index in [4.69, 9.17) is 4.74 Å². The molecule has 0 saturated carbocycles. The van der Waals surface area contributed by atoms with Gasteiger partial charge >= 0.3 is 0 Å². The molecule has 1 amide bonds. The van der Waals surface area contributed by atoms with E-state index < -0.39 is 0 Å². The summed E-state index contributed by atoms with van der Waals surface area (Å²) >= 11 is 1.66. The number of nitrogens with one attached hydrogen (secondary N) is 1. The lowest BCUT2D eigenvalue weighted by atomic mass is 9.96. The number of hydrogen-bond acceptors (Lipinski definition) is 4. The molecule has 112 valence electrons. The summed E-state index contributed by atoms with van der Waals surface area (Å²) in [5.41, 5.74) is 0.971. The topological polar surface area (TPSA) is 56.1 Å². The lowest BCUT2D eigenvalue weighted by Crippen LogP contribution is -2.33. The zero-order valence-electron chi connectivity index (χ0n) is 12.2. The molecule has 0 aromatic carbocycles. The molecular weight excluding hydrogens is 286 g/mol. The highest BCUT2D eigenvalue weighted by atomic mass is 32.1. The number of aryl methyl sites for hydroxylation is 1. The second-order valence-electron chi connectivity index (χ2n) is 5.38. The molecule has 2 aromatic rings. The summed E-state index contributed by atoms with van der Waals surface area (Å²) < 4.78 is 7.48. The second kappa shape index (κ2) is 5.99. The Kier molecular flexibility index (Phi) is 4.07. The Hall–Kier alpha value is -1.66. The molecule has 1 saturated heterocycles. The standard InChI is InChI=1S/C15H19N3O2S/c1-10(13-4-3-7-21-13)17-15(19)12-5-6-20-14(12)11-8-16-18(2)9-11/h3-4,7-10,12,14H,5-6H2,1-2H3,(H,17,19)/t10-,12+,14-/m1/s1. The minimum Gasteiger partial charge on any atom is -0.373 e. The Bertz CT molecular complexity index is 608. The van der Waals surface area contributed by atoms with Gasteiger partial charge in [-0.2, -0.15) is 5.10 Å². The molecule has 1 fully saturated rings. The Balaban J connectivity index is 1.68. The molecule has 0 unspecified atom stereocenters. The first kappa shape index (κ1) is 14.3. The van der Waals surface area contributed by atoms with E-state index in [9.17, 15) is 4.79 Å². The van der Waals surface area contributed by atoms with Crippen molar-refractivity contribution < 1.29 is 9.53 Å². The molecule has 1 aliphatic rings. The first-order valence-corrected chi connectivity index (χ1v) is 7.97. The van der Waals surface area contributed by atoms with E-state index in [-0.39, 0.29) is 24.0 Å². The van der Waals surface area contributed by atoms with Gasteiger partial charge in [0.2, 0.25) is 5.91 Å². The fourth-order valence-corrected chi connectivity index (χ4v) is 3.44. The summed E-state index contributed by atoms with van der Waals surface area (Å²) in [4.78, 5) is 13.7. The van der Waals surface area contributed by atoms with Crippen molar-refractivity contribution in [3.63, 3.8) is 0 Å². The molecule has 2 aromatic heterocycles. The molecule has 0 bridgehead atoms. The number of amides is 1. The third kappa shape index (κ3) is 3.01. The number of carbonyl (C=O) groups excluding carboxylic acids is 1. The van der Waals surface area contributed by atoms with Gasteiger partial charge in [0, 0.05) is 30.3 Å². The zero-order valence-corrected chi connectivity index (χ0v) is 13.0. The predicted octanol–water partition coefficient (Wildman–Crippen LogP) is 2.44. The van der Waals surface area contributed by atoms with Crippen LogP contribution in [0.3, 0.4) is 0 Å². The summed E-state index contributed by atoms with van der Waals surface area (Å²) in [6.07, 6.45) is 4.26. The quantitative estimate of drug-likeness (QED) is 0.944. The van der Waals surface area contributed by atoms with Crippen LogP contribution in [0.1, 0.15) is 35.9 Å². The molecule has 0 aliphatic carbocycles. The molecule has 3 rings (SSSR count). The number of carbonyl (C=O) groups is 1. The SMILES string of the molecule is C[C@@H](NC(=O)[C@H]1CCO[C@@H]1c1cnn(C)c1)c1cccs1. The third-order valence-corrected chi connectivity index (χ3v) is 4.87. The van der Waals surface area contributed by atoms with E-state index in [0.29, 0.717) is 6.61 Å². The molecule has 1 N–H and O–H groups in total. The number of nitrogens with zero attached hydrogens (tertiary/aromatic N) is 2. The maximum Gasteiger partial charge on any atom is 0.226 e. The van der Waals surface area contributed by atoms with Crippen molar-refractivity contribution in [1.29, 1.82) is 0 Å². The van der Waals surface area contributed by atoms with Crippen LogP contribution in [0, 0.1) is 5.92 Å². The van der Waals surface area contributed by atoms with Crippen LogP contribution in [0.2, 0.25) is 0 Å². The highest BCUT2D eigenvalue weighted by Crippen LogP contribution is 2.35. The largest absolute Gasteiger partial charge is 0.373 e. The maximum absolute atomic E-state index is 12.5. The number of rotatable bonds is 4. The van der Waals surface area contributed by atoms with Crippen LogP contribution in [-0.2, 0) is 16.6 Å². The zero-order chi connectivity index (χ0) is 14.8. The van der Waals surface area contributed by atoms with E-state index in [2.05, 4.69) is 10.4 Å². The summed E-state index contributed by atoms with van der Waals surface area (Å²) in [6, 6.07) is 4.08. The molecule has 6 heteroatoms. The average Bonchev–Trinajstić information content (AvgIpc) is 3.19. The van der Waals surface area contributed by atoms with Crippen molar-refractivity contribution >= 4 is 17.2 Å². The molecule has 3 heterocycles. The van der Waals surface area contributed by atoms with Gasteiger partial charge < -0.3 is 10.1 Å². The lowest BCUT2D eigenvalue weighted by molar-refractivity contribution is -0.127. The Morgan fingerprint density at radius 2 is 2.48 bits per heavy atom. The van der Waals surface area contributed by atoms with Crippen LogP contribution >= 0.6 is 11.3 Å². The van der Waals surface area contributed by atoms with E-state index in [1.807, 2.05) is 37.7 Å². The van der Waals surface area contributed by atoms with Gasteiger partial charge in [0.05, 0.1) is 24.3 Å². The van der Waals surface area contributed by atoms with Gasteiger partial charge in [-0.15, -0.1) is 11.3 Å². The number of hydrogen-bond donors (Lipinski definition) is 1. The van der Waals surface area contributed by atoms with Gasteiger partial charge in [0.25, 0.3) is 0 Å². The van der Waals surface area contributed by atoms with Gasteiger partial charge in [-0.25, -0.2) is 0 Å². The van der Waals surface area contributed by atoms with Crippen molar-refractivity contribution in [3.05, 3.63) is 40.3 Å². The third-order valence-electron chi connectivity index (χ3n) is 3.81. The van der Waals surface area contributed by atoms with Crippen LogP contribution in [0.25, 0.3) is 0 Å². The number of aromatic nitrogens is 2. The smallest absolute Gasteiger partial charge is 0.226 e. The molecule has 3 atom stereocenters. The predicted molar refractivity (Wildman–Crippen MR) is 80.9 cm³/mol. The van der Waals surface area contributed by atoms with Gasteiger partial charge in [0.15, 0.2) is 0 Å². The van der Waals surface area contributed by atoms with Gasteiger partial charge in [-0.3, -0.25) is 9.48 Å². The second-order valence-corrected chi connectivity index (χ2v) is 6.36. The Labute approximate surface area is 127 Å². The van der Waals surface area contributed by atoms with Crippen molar-refractivity contribution in [1.82, 2.24) is 15.1 Å². The van der Waals surface area contributed by atoms with Crippen molar-refractivity contribution in [2.45, 2.75) is 25.5 Å². The van der Waals surface area contributed by atoms with E-state index in [0.717, 1.165) is 12.0 Å². The highest BCUT2D eigenvalue weighted by Gasteiger charge is 2.36. The summed E-state index contributed by atoms with van der Waals surface area (Å²) in [5.74, 6) is -0.0844. The Morgan fingerprint density at radius 3 is 3.14 bits per heavy atom. The van der Waals surface area contributed by atoms with E-state index in [1.54, 1.807) is 22.2 Å². The maximum atomic E-state index is 12.5. The fourth-order valence-electron chi connectivity index (χ4n) is 2.70. The number of thiophene rings is 1. The van der Waals surface area contributed by atoms with E-state index in [1.165, 1.54) is 4.88 Å². The first-order valence-electron chi connectivity index (χ1n) is 7.09. The molecule has 5 nitrogen and oxygen atoms in total. The number of ether oxygens (including phenoxy) is 1. The fraction of sp³-hybridized carbons (Fsp3) is 0.467. The highest BCUT2D eigenvalue weighted by molar-refractivity contribution is 7.10. The molecule has 21 heavy (non-hydrogen) atoms. The minimum absolute atomic E-state index is 0.0349. The van der Waals surface area contributed by atoms with Crippen LogP contribution in [0.15, 0.2) is 29.9 Å². The van der Waals surface area contributed by atoms with Crippen molar-refractivity contribution in [2.75, 3.05) is 6.61 Å². The minimum atomic E-state index is -0.186. The van der Waals surface area contributed by atoms with Crippen molar-refractivity contribution in [2.24, 2.45) is 13.0 Å². The lowest BCUT2D eigenvalue weighted by Gasteiger charge is -2.19. The Morgan fingerprint density at radius 1 is 1.62 bits per heavy atom. The summed E-state index contributed by atoms with van der Waals surface area (Å²) in [6.45, 7) is 2.63. The monoisotopic (exact) mass is 305 g/mol.